The Morgan fingerprint density at radius 1 is 1.40 bits per heavy atom. The van der Waals surface area contributed by atoms with Gasteiger partial charge in [0.15, 0.2) is 5.78 Å². The lowest BCUT2D eigenvalue weighted by Crippen LogP contribution is -2.12. The summed E-state index contributed by atoms with van der Waals surface area (Å²) in [6.45, 7) is 0. The van der Waals surface area contributed by atoms with E-state index in [1.54, 1.807) is 12.2 Å². The van der Waals surface area contributed by atoms with E-state index in [0.29, 0.717) is 6.42 Å². The summed E-state index contributed by atoms with van der Waals surface area (Å²) < 4.78 is 0. The van der Waals surface area contributed by atoms with E-state index >= 15 is 0 Å². The first-order valence-electron chi connectivity index (χ1n) is 3.54. The Morgan fingerprint density at radius 2 is 2.20 bits per heavy atom. The molecule has 1 fully saturated rings. The van der Waals surface area contributed by atoms with Crippen LogP contribution < -0.4 is 0 Å². The third-order valence-electron chi connectivity index (χ3n) is 2.34. The highest BCUT2D eigenvalue weighted by Gasteiger charge is 2.39. The molecular formula is C8H8O2. The van der Waals surface area contributed by atoms with Gasteiger partial charge in [0, 0.05) is 18.3 Å². The highest BCUT2D eigenvalue weighted by molar-refractivity contribution is 6.03. The lowest BCUT2D eigenvalue weighted by atomic mass is 9.99. The van der Waals surface area contributed by atoms with Crippen LogP contribution in [0, 0.1) is 11.8 Å². The predicted octanol–water partition coefficient (Wildman–Crippen LogP) is 0.721. The minimum Gasteiger partial charge on any atom is -0.299 e. The van der Waals surface area contributed by atoms with E-state index in [2.05, 4.69) is 0 Å². The van der Waals surface area contributed by atoms with E-state index in [9.17, 15) is 9.59 Å². The number of allylic oxidation sites excluding steroid dienone is 2. The molecule has 0 aromatic carbocycles. The van der Waals surface area contributed by atoms with Crippen molar-refractivity contribution in [3.05, 3.63) is 12.2 Å². The van der Waals surface area contributed by atoms with Crippen LogP contribution in [0.3, 0.4) is 0 Å². The van der Waals surface area contributed by atoms with E-state index in [4.69, 9.17) is 0 Å². The molecule has 0 radical (unpaired) electrons. The minimum atomic E-state index is -0.0486. The Hall–Kier alpha value is -0.920. The highest BCUT2D eigenvalue weighted by atomic mass is 16.1. The molecule has 2 aliphatic rings. The maximum atomic E-state index is 11.0. The van der Waals surface area contributed by atoms with Crippen LogP contribution in [0.15, 0.2) is 12.2 Å². The monoisotopic (exact) mass is 136 g/mol. The Balaban J connectivity index is 2.32. The van der Waals surface area contributed by atoms with Gasteiger partial charge in [-0.05, 0) is 12.5 Å². The smallest absolute Gasteiger partial charge is 0.159 e. The summed E-state index contributed by atoms with van der Waals surface area (Å²) in [4.78, 5) is 22.0. The third-order valence-corrected chi connectivity index (χ3v) is 2.34. The molecule has 0 aromatic heterocycles. The molecule has 1 saturated carbocycles. The summed E-state index contributed by atoms with van der Waals surface area (Å²) in [5.41, 5.74) is 0. The van der Waals surface area contributed by atoms with E-state index < -0.39 is 0 Å². The number of carbonyl (C=O) groups excluding carboxylic acids is 2. The topological polar surface area (TPSA) is 34.1 Å². The van der Waals surface area contributed by atoms with Crippen LogP contribution in [0.4, 0.5) is 0 Å². The van der Waals surface area contributed by atoms with Gasteiger partial charge in [-0.3, -0.25) is 9.59 Å². The molecule has 52 valence electrons. The molecule has 0 spiro atoms. The van der Waals surface area contributed by atoms with Gasteiger partial charge >= 0.3 is 0 Å². The molecule has 2 atom stereocenters. The van der Waals surface area contributed by atoms with Crippen LogP contribution in [-0.2, 0) is 9.59 Å². The van der Waals surface area contributed by atoms with E-state index in [0.717, 1.165) is 6.42 Å². The molecule has 2 heteroatoms. The van der Waals surface area contributed by atoms with Crippen molar-refractivity contribution in [1.29, 1.82) is 0 Å². The lowest BCUT2D eigenvalue weighted by molar-refractivity contribution is -0.123. The first-order valence-corrected chi connectivity index (χ1v) is 3.54. The molecule has 0 heterocycles. The van der Waals surface area contributed by atoms with Crippen molar-refractivity contribution in [3.63, 3.8) is 0 Å². The third kappa shape index (κ3) is 0.589. The summed E-state index contributed by atoms with van der Waals surface area (Å²) in [6, 6.07) is 0. The quantitative estimate of drug-likeness (QED) is 0.491. The van der Waals surface area contributed by atoms with Crippen molar-refractivity contribution in [1.82, 2.24) is 0 Å². The summed E-state index contributed by atoms with van der Waals surface area (Å²) in [6.07, 6.45) is 4.68. The van der Waals surface area contributed by atoms with Crippen LogP contribution in [0.1, 0.15) is 12.8 Å². The average molecular weight is 136 g/mol. The van der Waals surface area contributed by atoms with Crippen LogP contribution >= 0.6 is 0 Å². The van der Waals surface area contributed by atoms with Gasteiger partial charge in [-0.2, -0.15) is 0 Å². The molecular weight excluding hydrogens is 128 g/mol. The van der Waals surface area contributed by atoms with E-state index in [1.165, 1.54) is 0 Å². The number of ketones is 2. The van der Waals surface area contributed by atoms with Gasteiger partial charge in [0.1, 0.15) is 5.78 Å². The zero-order chi connectivity index (χ0) is 7.14. The zero-order valence-electron chi connectivity index (χ0n) is 5.54. The van der Waals surface area contributed by atoms with Gasteiger partial charge < -0.3 is 0 Å². The number of carbonyl (C=O) groups is 2. The van der Waals surface area contributed by atoms with Crippen molar-refractivity contribution in [2.75, 3.05) is 0 Å². The molecule has 0 aliphatic heterocycles. The van der Waals surface area contributed by atoms with Crippen molar-refractivity contribution < 1.29 is 9.59 Å². The number of hydrogen-bond acceptors (Lipinski definition) is 2. The predicted molar refractivity (Wildman–Crippen MR) is 35.4 cm³/mol. The fraction of sp³-hybridized carbons (Fsp3) is 0.500. The summed E-state index contributed by atoms with van der Waals surface area (Å²) in [5.74, 6) is 0.364. The van der Waals surface area contributed by atoms with Gasteiger partial charge in [0.25, 0.3) is 0 Å². The van der Waals surface area contributed by atoms with Gasteiger partial charge in [0.05, 0.1) is 0 Å². The molecule has 0 aromatic rings. The Bertz CT molecular complexity index is 227. The van der Waals surface area contributed by atoms with Gasteiger partial charge in [-0.25, -0.2) is 0 Å². The van der Waals surface area contributed by atoms with Crippen LogP contribution in [0.25, 0.3) is 0 Å². The molecule has 2 aliphatic carbocycles. The largest absolute Gasteiger partial charge is 0.299 e. The van der Waals surface area contributed by atoms with Crippen molar-refractivity contribution >= 4 is 11.6 Å². The molecule has 2 nitrogen and oxygen atoms in total. The zero-order valence-corrected chi connectivity index (χ0v) is 5.54. The summed E-state index contributed by atoms with van der Waals surface area (Å²) in [7, 11) is 0. The fourth-order valence-corrected chi connectivity index (χ4v) is 1.75. The standard InChI is InChI=1S/C8H8O2/c9-7-3-1-5-6(7)2-4-8(5)10/h1,3,5-6H,2,4H2. The summed E-state index contributed by atoms with van der Waals surface area (Å²) >= 11 is 0. The van der Waals surface area contributed by atoms with Gasteiger partial charge in [0.2, 0.25) is 0 Å². The Kier molecular flexibility index (Phi) is 1.04. The lowest BCUT2D eigenvalue weighted by Gasteiger charge is -2.01. The van der Waals surface area contributed by atoms with Gasteiger partial charge in [-0.15, -0.1) is 0 Å². The normalized spacial score (nSPS) is 37.2. The van der Waals surface area contributed by atoms with E-state index in [1.807, 2.05) is 0 Å². The fourth-order valence-electron chi connectivity index (χ4n) is 1.75. The number of Topliss-reactive ketones (excluding diaryl/α,β-unsaturated/α-hetero) is 1. The molecule has 2 rings (SSSR count). The molecule has 2 unspecified atom stereocenters. The number of rotatable bonds is 0. The maximum Gasteiger partial charge on any atom is 0.159 e. The summed E-state index contributed by atoms with van der Waals surface area (Å²) in [5, 5.41) is 0. The number of fused-ring (bicyclic) bond motifs is 1. The molecule has 10 heavy (non-hydrogen) atoms. The van der Waals surface area contributed by atoms with Gasteiger partial charge in [-0.1, -0.05) is 6.08 Å². The first kappa shape index (κ1) is 5.83. The first-order chi connectivity index (χ1) is 4.79. The second kappa shape index (κ2) is 1.78. The second-order valence-electron chi connectivity index (χ2n) is 2.90. The van der Waals surface area contributed by atoms with Crippen LogP contribution in [0.2, 0.25) is 0 Å². The number of hydrogen-bond donors (Lipinski definition) is 0. The Labute approximate surface area is 58.9 Å². The molecule has 0 N–H and O–H groups in total. The SMILES string of the molecule is O=C1CCC2C(=O)C=CC12. The highest BCUT2D eigenvalue weighted by Crippen LogP contribution is 2.34. The minimum absolute atomic E-state index is 0.0208. The molecule has 0 amide bonds. The van der Waals surface area contributed by atoms with Crippen LogP contribution in [0.5, 0.6) is 0 Å². The van der Waals surface area contributed by atoms with E-state index in [-0.39, 0.29) is 23.4 Å². The Morgan fingerprint density at radius 3 is 2.90 bits per heavy atom. The molecule has 0 bridgehead atoms. The molecule has 0 saturated heterocycles. The van der Waals surface area contributed by atoms with Crippen LogP contribution in [-0.4, -0.2) is 11.6 Å². The average Bonchev–Trinajstić information content (AvgIpc) is 2.41. The van der Waals surface area contributed by atoms with Crippen molar-refractivity contribution in [2.45, 2.75) is 12.8 Å². The van der Waals surface area contributed by atoms with Crippen molar-refractivity contribution in [2.24, 2.45) is 11.8 Å². The van der Waals surface area contributed by atoms with Crippen molar-refractivity contribution in [3.8, 4) is 0 Å². The second-order valence-corrected chi connectivity index (χ2v) is 2.90. The maximum absolute atomic E-state index is 11.0.